The van der Waals surface area contributed by atoms with Gasteiger partial charge in [0.2, 0.25) is 0 Å². The Morgan fingerprint density at radius 1 is 1.28 bits per heavy atom. The number of phenols is 1. The second-order valence-electron chi connectivity index (χ2n) is 6.68. The van der Waals surface area contributed by atoms with Gasteiger partial charge in [0.15, 0.2) is 0 Å². The highest BCUT2D eigenvalue weighted by Crippen LogP contribution is 2.37. The van der Waals surface area contributed by atoms with E-state index in [1.54, 1.807) is 24.5 Å². The number of amides is 2. The number of phenolic OH excluding ortho intramolecular Hbond substituents is 1. The minimum Gasteiger partial charge on any atom is -0.508 e. The average Bonchev–Trinajstić information content (AvgIpc) is 3.14. The first-order valence-corrected chi connectivity index (χ1v) is 8.49. The summed E-state index contributed by atoms with van der Waals surface area (Å²) in [6.07, 6.45) is 4.99. The van der Waals surface area contributed by atoms with Crippen molar-refractivity contribution >= 4 is 11.7 Å². The number of aromatic hydroxyl groups is 1. The summed E-state index contributed by atoms with van der Waals surface area (Å²) in [7, 11) is 0. The van der Waals surface area contributed by atoms with Gasteiger partial charge in [0, 0.05) is 36.0 Å². The van der Waals surface area contributed by atoms with E-state index in [-0.39, 0.29) is 23.9 Å². The predicted octanol–water partition coefficient (Wildman–Crippen LogP) is 3.06. The monoisotopic (exact) mass is 336 g/mol. The van der Waals surface area contributed by atoms with Gasteiger partial charge in [-0.05, 0) is 24.5 Å². The zero-order valence-corrected chi connectivity index (χ0v) is 14.0. The molecule has 0 saturated heterocycles. The predicted molar refractivity (Wildman–Crippen MR) is 94.2 cm³/mol. The summed E-state index contributed by atoms with van der Waals surface area (Å²) in [5.74, 6) is 0.685. The third kappa shape index (κ3) is 3.07. The number of benzene rings is 1. The Labute approximate surface area is 146 Å². The molecule has 1 fully saturated rings. The van der Waals surface area contributed by atoms with Crippen molar-refractivity contribution in [1.29, 1.82) is 0 Å². The van der Waals surface area contributed by atoms with Crippen LogP contribution < -0.4 is 5.32 Å². The summed E-state index contributed by atoms with van der Waals surface area (Å²) >= 11 is 0. The van der Waals surface area contributed by atoms with Gasteiger partial charge in [0.1, 0.15) is 5.75 Å². The smallest absolute Gasteiger partial charge is 0.338 e. The largest absolute Gasteiger partial charge is 0.508 e. The molecule has 2 heterocycles. The van der Waals surface area contributed by atoms with Crippen LogP contribution in [0.5, 0.6) is 5.75 Å². The van der Waals surface area contributed by atoms with Crippen molar-refractivity contribution in [3.05, 3.63) is 59.9 Å². The van der Waals surface area contributed by atoms with Crippen LogP contribution in [0.3, 0.4) is 0 Å². The Balaban J connectivity index is 1.65. The van der Waals surface area contributed by atoms with Crippen LogP contribution >= 0.6 is 0 Å². The first-order valence-electron chi connectivity index (χ1n) is 8.49. The lowest BCUT2D eigenvalue weighted by atomic mass is 9.98. The molecule has 1 aliphatic heterocycles. The first kappa shape index (κ1) is 15.6. The van der Waals surface area contributed by atoms with E-state index >= 15 is 0 Å². The fourth-order valence-electron chi connectivity index (χ4n) is 3.17. The number of nitrogens with zero attached hydrogens (tertiary/aromatic N) is 3. The second-order valence-corrected chi connectivity index (χ2v) is 6.68. The van der Waals surface area contributed by atoms with Crippen molar-refractivity contribution in [1.82, 2.24) is 15.3 Å². The highest BCUT2D eigenvalue weighted by atomic mass is 16.3. The molecule has 1 unspecified atom stereocenters. The molecule has 6 nitrogen and oxygen atoms in total. The van der Waals surface area contributed by atoms with Crippen LogP contribution in [0, 0.1) is 5.92 Å². The first-order chi connectivity index (χ1) is 12.1. The molecule has 1 aromatic carbocycles. The lowest BCUT2D eigenvalue weighted by molar-refractivity contribution is 0.184. The van der Waals surface area contributed by atoms with Gasteiger partial charge >= 0.3 is 6.03 Å². The van der Waals surface area contributed by atoms with E-state index in [0.717, 1.165) is 17.7 Å². The van der Waals surface area contributed by atoms with Crippen LogP contribution in [0.1, 0.15) is 36.9 Å². The van der Waals surface area contributed by atoms with Crippen LogP contribution in [-0.2, 0) is 0 Å². The number of nitrogens with one attached hydrogen (secondary N) is 1. The van der Waals surface area contributed by atoms with Gasteiger partial charge in [-0.1, -0.05) is 31.2 Å². The number of carbonyl (C=O) groups is 1. The van der Waals surface area contributed by atoms with E-state index in [4.69, 9.17) is 0 Å². The summed E-state index contributed by atoms with van der Waals surface area (Å²) in [5.41, 5.74) is 2.38. The molecule has 0 radical (unpaired) electrons. The fraction of sp³-hybridized carbons (Fsp3) is 0.316. The summed E-state index contributed by atoms with van der Waals surface area (Å²) in [6.45, 7) is 2.11. The van der Waals surface area contributed by atoms with Gasteiger partial charge in [-0.2, -0.15) is 5.10 Å². The Morgan fingerprint density at radius 2 is 2.08 bits per heavy atom. The van der Waals surface area contributed by atoms with Crippen molar-refractivity contribution in [3.63, 3.8) is 0 Å². The normalized spacial score (nSPS) is 24.8. The van der Waals surface area contributed by atoms with E-state index in [9.17, 15) is 9.90 Å². The Hall–Kier alpha value is -2.89. The molecule has 1 aliphatic carbocycles. The van der Waals surface area contributed by atoms with Gasteiger partial charge in [-0.25, -0.2) is 9.80 Å². The van der Waals surface area contributed by atoms with Gasteiger partial charge in [-0.3, -0.25) is 4.98 Å². The zero-order chi connectivity index (χ0) is 17.4. The van der Waals surface area contributed by atoms with Crippen molar-refractivity contribution in [2.75, 3.05) is 0 Å². The second kappa shape index (κ2) is 6.20. The summed E-state index contributed by atoms with van der Waals surface area (Å²) in [4.78, 5) is 16.9. The van der Waals surface area contributed by atoms with E-state index in [0.29, 0.717) is 17.9 Å². The van der Waals surface area contributed by atoms with Gasteiger partial charge in [-0.15, -0.1) is 0 Å². The number of rotatable bonds is 3. The average molecular weight is 336 g/mol. The molecule has 3 atom stereocenters. The van der Waals surface area contributed by atoms with Crippen molar-refractivity contribution in [3.8, 4) is 5.75 Å². The lowest BCUT2D eigenvalue weighted by Gasteiger charge is -2.23. The third-order valence-electron chi connectivity index (χ3n) is 4.83. The van der Waals surface area contributed by atoms with Crippen LogP contribution in [0.25, 0.3) is 0 Å². The maximum absolute atomic E-state index is 12.7. The molecule has 1 aromatic heterocycles. The molecule has 1 saturated carbocycles. The van der Waals surface area contributed by atoms with Crippen LogP contribution in [0.15, 0.2) is 53.9 Å². The number of aromatic nitrogens is 1. The summed E-state index contributed by atoms with van der Waals surface area (Å²) in [6, 6.07) is 10.5. The lowest BCUT2D eigenvalue weighted by Crippen LogP contribution is -2.38. The van der Waals surface area contributed by atoms with Crippen LogP contribution in [0.2, 0.25) is 0 Å². The Morgan fingerprint density at radius 3 is 2.76 bits per heavy atom. The summed E-state index contributed by atoms with van der Waals surface area (Å²) < 4.78 is 0. The number of hydrogen-bond acceptors (Lipinski definition) is 4. The van der Waals surface area contributed by atoms with Gasteiger partial charge < -0.3 is 10.4 Å². The van der Waals surface area contributed by atoms with Gasteiger partial charge in [0.05, 0.1) is 11.8 Å². The van der Waals surface area contributed by atoms with E-state index < -0.39 is 0 Å². The van der Waals surface area contributed by atoms with E-state index in [2.05, 4.69) is 22.3 Å². The van der Waals surface area contributed by atoms with Gasteiger partial charge in [0.25, 0.3) is 0 Å². The third-order valence-corrected chi connectivity index (χ3v) is 4.83. The standard InChI is InChI=1S/C19H20N4O2/c1-12-9-15(12)21-19(25)23-17(14-6-2-3-7-18(14)24)10-16(22-23)13-5-4-8-20-11-13/h2-8,11-12,15,17,24H,9-10H2,1H3,(H,21,25)/t12-,15-,17?/m1/s1. The number of pyridine rings is 1. The SMILES string of the molecule is C[C@@H]1C[C@H]1NC(=O)N1N=C(c2cccnc2)CC1c1ccccc1O. The van der Waals surface area contributed by atoms with E-state index in [1.807, 2.05) is 24.3 Å². The van der Waals surface area contributed by atoms with Crippen molar-refractivity contribution in [2.24, 2.45) is 11.0 Å². The van der Waals surface area contributed by atoms with Crippen molar-refractivity contribution in [2.45, 2.75) is 31.8 Å². The minimum absolute atomic E-state index is 0.174. The van der Waals surface area contributed by atoms with Crippen molar-refractivity contribution < 1.29 is 9.90 Å². The molecule has 0 spiro atoms. The highest BCUT2D eigenvalue weighted by Gasteiger charge is 2.39. The molecular formula is C19H20N4O2. The zero-order valence-electron chi connectivity index (χ0n) is 14.0. The molecule has 128 valence electrons. The number of hydrazone groups is 1. The molecule has 25 heavy (non-hydrogen) atoms. The maximum Gasteiger partial charge on any atom is 0.338 e. The minimum atomic E-state index is -0.328. The molecule has 0 bridgehead atoms. The number of hydrogen-bond donors (Lipinski definition) is 2. The molecule has 2 amide bonds. The van der Waals surface area contributed by atoms with Crippen LogP contribution in [-0.4, -0.2) is 32.9 Å². The molecular weight excluding hydrogens is 316 g/mol. The molecule has 2 N–H and O–H groups in total. The summed E-state index contributed by atoms with van der Waals surface area (Å²) in [5, 5.41) is 19.3. The van der Waals surface area contributed by atoms with E-state index in [1.165, 1.54) is 5.01 Å². The Kier molecular flexibility index (Phi) is 3.87. The highest BCUT2D eigenvalue weighted by molar-refractivity contribution is 6.03. The number of urea groups is 1. The Bertz CT molecular complexity index is 821. The number of carbonyl (C=O) groups excluding carboxylic acids is 1. The fourth-order valence-corrected chi connectivity index (χ4v) is 3.17. The quantitative estimate of drug-likeness (QED) is 0.904. The maximum atomic E-state index is 12.7. The number of para-hydroxylation sites is 1. The molecule has 6 heteroatoms. The molecule has 4 rings (SSSR count). The van der Waals surface area contributed by atoms with Crippen LogP contribution in [0.4, 0.5) is 4.79 Å². The topological polar surface area (TPSA) is 77.8 Å². The molecule has 2 aliphatic rings. The molecule has 2 aromatic rings.